The molecule has 0 saturated carbocycles. The van der Waals surface area contributed by atoms with Gasteiger partial charge in [-0.15, -0.1) is 0 Å². The van der Waals surface area contributed by atoms with Crippen LogP contribution in [0.3, 0.4) is 0 Å². The van der Waals surface area contributed by atoms with Crippen LogP contribution in [0.25, 0.3) is 10.8 Å². The van der Waals surface area contributed by atoms with Crippen LogP contribution >= 0.6 is 7.82 Å². The van der Waals surface area contributed by atoms with E-state index in [0.717, 1.165) is 36.5 Å². The van der Waals surface area contributed by atoms with Crippen LogP contribution in [0.1, 0.15) is 39.0 Å². The van der Waals surface area contributed by atoms with Gasteiger partial charge in [0.05, 0.1) is 6.61 Å². The molecule has 2 aromatic rings. The Morgan fingerprint density at radius 1 is 1.04 bits per heavy atom. The van der Waals surface area contributed by atoms with Crippen molar-refractivity contribution in [2.75, 3.05) is 6.61 Å². The molecule has 0 spiro atoms. The molecule has 1 unspecified atom stereocenters. The first-order valence-electron chi connectivity index (χ1n) is 8.34. The Hall–Kier alpha value is -1.39. The predicted molar refractivity (Wildman–Crippen MR) is 95.1 cm³/mol. The van der Waals surface area contributed by atoms with Crippen molar-refractivity contribution in [3.05, 3.63) is 42.5 Å². The van der Waals surface area contributed by atoms with Crippen molar-refractivity contribution in [3.8, 4) is 5.75 Å². The van der Waals surface area contributed by atoms with Crippen LogP contribution < -0.4 is 4.74 Å². The summed E-state index contributed by atoms with van der Waals surface area (Å²) in [6, 6.07) is 13.7. The van der Waals surface area contributed by atoms with Crippen molar-refractivity contribution >= 4 is 18.6 Å². The molecule has 0 amide bonds. The first-order chi connectivity index (χ1) is 11.5. The maximum absolute atomic E-state index is 11.0. The number of hydrogen-bond acceptors (Lipinski definition) is 3. The summed E-state index contributed by atoms with van der Waals surface area (Å²) in [5.74, 6) is 0.711. The lowest BCUT2D eigenvalue weighted by molar-refractivity contribution is 0.0953. The minimum absolute atomic E-state index is 0.125. The van der Waals surface area contributed by atoms with E-state index < -0.39 is 7.82 Å². The van der Waals surface area contributed by atoms with E-state index in [1.807, 2.05) is 42.5 Å². The molecule has 0 aliphatic rings. The van der Waals surface area contributed by atoms with Gasteiger partial charge < -0.3 is 14.5 Å². The molecule has 0 saturated heterocycles. The smallest absolute Gasteiger partial charge is 0.469 e. The molecule has 0 radical (unpaired) electrons. The molecule has 0 aliphatic carbocycles. The summed E-state index contributed by atoms with van der Waals surface area (Å²) in [6.07, 6.45) is 4.59. The highest BCUT2D eigenvalue weighted by Crippen LogP contribution is 2.36. The van der Waals surface area contributed by atoms with Crippen LogP contribution in [0.5, 0.6) is 5.75 Å². The molecular formula is C18H25O5P. The fraction of sp³-hybridized carbons (Fsp3) is 0.444. The second-order valence-electron chi connectivity index (χ2n) is 5.85. The highest BCUT2D eigenvalue weighted by Gasteiger charge is 2.20. The Bertz CT molecular complexity index is 677. The summed E-state index contributed by atoms with van der Waals surface area (Å²) < 4.78 is 21.7. The van der Waals surface area contributed by atoms with E-state index in [1.54, 1.807) is 0 Å². The Balaban J connectivity index is 2.08. The fourth-order valence-electron chi connectivity index (χ4n) is 2.63. The molecule has 0 bridgehead atoms. The van der Waals surface area contributed by atoms with Gasteiger partial charge in [0.2, 0.25) is 0 Å². The lowest BCUT2D eigenvalue weighted by atomic mass is 10.1. The fourth-order valence-corrected chi connectivity index (χ4v) is 2.99. The molecule has 1 atom stereocenters. The lowest BCUT2D eigenvalue weighted by Crippen LogP contribution is -2.22. The minimum Gasteiger partial charge on any atom is -0.487 e. The van der Waals surface area contributed by atoms with E-state index in [2.05, 4.69) is 11.4 Å². The normalized spacial score (nSPS) is 13.1. The first kappa shape index (κ1) is 18.9. The average molecular weight is 352 g/mol. The number of rotatable bonds is 10. The van der Waals surface area contributed by atoms with Crippen LogP contribution in [-0.2, 0) is 9.09 Å². The standard InChI is InChI=1S/C18H25O5P/c1-2-3-4-5-11-16(14-22-24(19,20)21)23-18-13-8-10-15-9-6-7-12-17(15)18/h6-10,12-13,16H,2-5,11,14H2,1H3,(H2,19,20,21). The third kappa shape index (κ3) is 6.25. The van der Waals surface area contributed by atoms with Gasteiger partial charge in [-0.1, -0.05) is 62.6 Å². The van der Waals surface area contributed by atoms with Gasteiger partial charge in [-0.05, 0) is 24.3 Å². The molecule has 0 aliphatic heterocycles. The molecule has 2 N–H and O–H groups in total. The number of hydrogen-bond donors (Lipinski definition) is 2. The number of benzene rings is 2. The number of fused-ring (bicyclic) bond motifs is 1. The van der Waals surface area contributed by atoms with Crippen molar-refractivity contribution in [1.29, 1.82) is 0 Å². The zero-order valence-electron chi connectivity index (χ0n) is 13.9. The molecule has 0 heterocycles. The maximum atomic E-state index is 11.0. The van der Waals surface area contributed by atoms with Gasteiger partial charge in [-0.25, -0.2) is 4.57 Å². The van der Waals surface area contributed by atoms with Gasteiger partial charge in [-0.3, -0.25) is 4.52 Å². The summed E-state index contributed by atoms with van der Waals surface area (Å²) >= 11 is 0. The van der Waals surface area contributed by atoms with Crippen molar-refractivity contribution < 1.29 is 23.6 Å². The highest BCUT2D eigenvalue weighted by molar-refractivity contribution is 7.46. The van der Waals surface area contributed by atoms with Gasteiger partial charge in [0.1, 0.15) is 11.9 Å². The van der Waals surface area contributed by atoms with Gasteiger partial charge in [0.15, 0.2) is 0 Å². The number of phosphoric ester groups is 1. The topological polar surface area (TPSA) is 76.0 Å². The van der Waals surface area contributed by atoms with E-state index in [1.165, 1.54) is 0 Å². The van der Waals surface area contributed by atoms with E-state index in [-0.39, 0.29) is 12.7 Å². The molecule has 132 valence electrons. The average Bonchev–Trinajstić information content (AvgIpc) is 2.56. The van der Waals surface area contributed by atoms with Crippen molar-refractivity contribution in [2.45, 2.75) is 45.1 Å². The molecule has 6 heteroatoms. The molecule has 0 fully saturated rings. The summed E-state index contributed by atoms with van der Waals surface area (Å²) in [6.45, 7) is 2.01. The number of ether oxygens (including phenoxy) is 1. The number of phosphoric acid groups is 1. The molecule has 24 heavy (non-hydrogen) atoms. The van der Waals surface area contributed by atoms with Crippen LogP contribution in [0, 0.1) is 0 Å². The largest absolute Gasteiger partial charge is 0.487 e. The molecule has 0 aromatic heterocycles. The molecular weight excluding hydrogens is 327 g/mol. The van der Waals surface area contributed by atoms with Crippen molar-refractivity contribution in [1.82, 2.24) is 0 Å². The third-order valence-electron chi connectivity index (χ3n) is 3.85. The van der Waals surface area contributed by atoms with Gasteiger partial charge in [0, 0.05) is 5.39 Å². The Labute approximate surface area is 142 Å². The zero-order chi connectivity index (χ0) is 17.4. The Morgan fingerprint density at radius 3 is 2.54 bits per heavy atom. The summed E-state index contributed by atoms with van der Waals surface area (Å²) in [4.78, 5) is 17.9. The van der Waals surface area contributed by atoms with Crippen molar-refractivity contribution in [2.24, 2.45) is 0 Å². The van der Waals surface area contributed by atoms with E-state index in [4.69, 9.17) is 14.5 Å². The quantitative estimate of drug-likeness (QED) is 0.480. The van der Waals surface area contributed by atoms with E-state index in [0.29, 0.717) is 12.2 Å². The van der Waals surface area contributed by atoms with Crippen LogP contribution in [0.4, 0.5) is 0 Å². The van der Waals surface area contributed by atoms with Crippen molar-refractivity contribution in [3.63, 3.8) is 0 Å². The number of unbranched alkanes of at least 4 members (excludes halogenated alkanes) is 3. The summed E-state index contributed by atoms with van der Waals surface area (Å²) in [7, 11) is -4.50. The summed E-state index contributed by atoms with van der Waals surface area (Å²) in [5, 5.41) is 2.05. The predicted octanol–water partition coefficient (Wildman–Crippen LogP) is 4.67. The molecule has 2 rings (SSSR count). The Morgan fingerprint density at radius 2 is 1.79 bits per heavy atom. The minimum atomic E-state index is -4.50. The van der Waals surface area contributed by atoms with E-state index >= 15 is 0 Å². The van der Waals surface area contributed by atoms with Crippen LogP contribution in [0.2, 0.25) is 0 Å². The van der Waals surface area contributed by atoms with Gasteiger partial charge >= 0.3 is 7.82 Å². The lowest BCUT2D eigenvalue weighted by Gasteiger charge is -2.20. The monoisotopic (exact) mass is 352 g/mol. The van der Waals surface area contributed by atoms with Gasteiger partial charge in [0.25, 0.3) is 0 Å². The molecule has 2 aromatic carbocycles. The SMILES string of the molecule is CCCCCCC(COP(=O)(O)O)Oc1cccc2ccccc12. The van der Waals surface area contributed by atoms with E-state index in [9.17, 15) is 4.57 Å². The first-order valence-corrected chi connectivity index (χ1v) is 9.87. The Kier molecular flexibility index (Phi) is 7.25. The maximum Gasteiger partial charge on any atom is 0.469 e. The molecule has 5 nitrogen and oxygen atoms in total. The van der Waals surface area contributed by atoms with Crippen LogP contribution in [0.15, 0.2) is 42.5 Å². The van der Waals surface area contributed by atoms with Gasteiger partial charge in [-0.2, -0.15) is 0 Å². The highest BCUT2D eigenvalue weighted by atomic mass is 31.2. The summed E-state index contributed by atoms with van der Waals surface area (Å²) in [5.41, 5.74) is 0. The second-order valence-corrected chi connectivity index (χ2v) is 7.09. The third-order valence-corrected chi connectivity index (χ3v) is 4.34. The second kappa shape index (κ2) is 9.19. The van der Waals surface area contributed by atoms with Crippen LogP contribution in [-0.4, -0.2) is 22.5 Å². The zero-order valence-corrected chi connectivity index (χ0v) is 14.8.